The second-order valence-electron chi connectivity index (χ2n) is 4.53. The van der Waals surface area contributed by atoms with Crippen molar-refractivity contribution in [2.75, 3.05) is 6.61 Å². The van der Waals surface area contributed by atoms with Crippen molar-refractivity contribution in [1.29, 1.82) is 0 Å². The summed E-state index contributed by atoms with van der Waals surface area (Å²) in [6.45, 7) is 7.30. The van der Waals surface area contributed by atoms with E-state index < -0.39 is 0 Å². The highest BCUT2D eigenvalue weighted by Gasteiger charge is 2.19. The predicted molar refractivity (Wildman–Crippen MR) is 52.1 cm³/mol. The van der Waals surface area contributed by atoms with Crippen LogP contribution < -0.4 is 4.74 Å². The molecule has 1 aliphatic heterocycles. The molecule has 13 heavy (non-hydrogen) atoms. The van der Waals surface area contributed by atoms with Gasteiger partial charge in [-0.25, -0.2) is 0 Å². The van der Waals surface area contributed by atoms with Crippen LogP contribution in [0, 0.1) is 0 Å². The molecule has 0 spiro atoms. The van der Waals surface area contributed by atoms with Crippen LogP contribution in [0.25, 0.3) is 0 Å². The smallest absolute Gasteiger partial charge is 0.126 e. The van der Waals surface area contributed by atoms with Crippen LogP contribution in [0.15, 0.2) is 12.3 Å². The van der Waals surface area contributed by atoms with Gasteiger partial charge in [0.1, 0.15) is 5.75 Å². The summed E-state index contributed by atoms with van der Waals surface area (Å²) in [7, 11) is 0. The zero-order valence-corrected chi connectivity index (χ0v) is 8.42. The first kappa shape index (κ1) is 8.54. The normalized spacial score (nSPS) is 15.3. The molecule has 2 nitrogen and oxygen atoms in total. The maximum Gasteiger partial charge on any atom is 0.126 e. The van der Waals surface area contributed by atoms with Crippen molar-refractivity contribution in [2.24, 2.45) is 0 Å². The fraction of sp³-hybridized carbons (Fsp3) is 0.545. The second-order valence-corrected chi connectivity index (χ2v) is 4.53. The van der Waals surface area contributed by atoms with Crippen LogP contribution in [0.1, 0.15) is 32.0 Å². The Morgan fingerprint density at radius 1 is 1.38 bits per heavy atom. The van der Waals surface area contributed by atoms with Crippen molar-refractivity contribution >= 4 is 0 Å². The third-order valence-corrected chi connectivity index (χ3v) is 2.34. The van der Waals surface area contributed by atoms with E-state index >= 15 is 0 Å². The molecule has 0 radical (unpaired) electrons. The molecular weight excluding hydrogens is 162 g/mol. The quantitative estimate of drug-likeness (QED) is 0.606. The molecule has 0 unspecified atom stereocenters. The molecule has 0 fully saturated rings. The number of fused-ring (bicyclic) bond motifs is 1. The third kappa shape index (κ3) is 1.53. The van der Waals surface area contributed by atoms with Crippen LogP contribution >= 0.6 is 0 Å². The molecule has 0 aliphatic carbocycles. The zero-order chi connectivity index (χ0) is 9.47. The van der Waals surface area contributed by atoms with Crippen LogP contribution in [0.2, 0.25) is 0 Å². The van der Waals surface area contributed by atoms with Gasteiger partial charge in [-0.3, -0.25) is 4.98 Å². The first-order valence-corrected chi connectivity index (χ1v) is 4.69. The topological polar surface area (TPSA) is 22.1 Å². The number of pyridine rings is 1. The highest BCUT2D eigenvalue weighted by molar-refractivity contribution is 5.37. The molecule has 0 N–H and O–H groups in total. The van der Waals surface area contributed by atoms with Gasteiger partial charge in [0, 0.05) is 35.4 Å². The SMILES string of the molecule is CC(C)(C)c1cc2c(cn1)CCO2. The fourth-order valence-electron chi connectivity index (χ4n) is 1.47. The predicted octanol–water partition coefficient (Wildman–Crippen LogP) is 2.31. The Morgan fingerprint density at radius 3 is 2.85 bits per heavy atom. The molecule has 2 heteroatoms. The molecule has 1 aromatic rings. The Labute approximate surface area is 78.9 Å². The summed E-state index contributed by atoms with van der Waals surface area (Å²) in [5.41, 5.74) is 2.46. The highest BCUT2D eigenvalue weighted by Crippen LogP contribution is 2.29. The van der Waals surface area contributed by atoms with Gasteiger partial charge >= 0.3 is 0 Å². The van der Waals surface area contributed by atoms with E-state index in [0.717, 1.165) is 24.5 Å². The third-order valence-electron chi connectivity index (χ3n) is 2.34. The fourth-order valence-corrected chi connectivity index (χ4v) is 1.47. The van der Waals surface area contributed by atoms with E-state index in [0.29, 0.717) is 0 Å². The van der Waals surface area contributed by atoms with E-state index in [1.807, 2.05) is 6.20 Å². The van der Waals surface area contributed by atoms with E-state index in [1.165, 1.54) is 5.56 Å². The Kier molecular flexibility index (Phi) is 1.79. The summed E-state index contributed by atoms with van der Waals surface area (Å²) in [5.74, 6) is 1.03. The number of rotatable bonds is 0. The Balaban J connectivity index is 2.42. The van der Waals surface area contributed by atoms with Crippen molar-refractivity contribution in [2.45, 2.75) is 32.6 Å². The Hall–Kier alpha value is -1.05. The molecule has 0 aromatic carbocycles. The van der Waals surface area contributed by atoms with E-state index in [9.17, 15) is 0 Å². The van der Waals surface area contributed by atoms with Gasteiger partial charge in [0.05, 0.1) is 6.61 Å². The standard InChI is InChI=1S/C11H15NO/c1-11(2,3)10-6-9-8(7-12-10)4-5-13-9/h6-7H,4-5H2,1-3H3. The molecular formula is C11H15NO. The van der Waals surface area contributed by atoms with Crippen molar-refractivity contribution in [3.63, 3.8) is 0 Å². The summed E-state index contributed by atoms with van der Waals surface area (Å²) in [5, 5.41) is 0. The van der Waals surface area contributed by atoms with Crippen LogP contribution in [-0.4, -0.2) is 11.6 Å². The molecule has 2 rings (SSSR count). The van der Waals surface area contributed by atoms with Crippen molar-refractivity contribution in [3.8, 4) is 5.75 Å². The van der Waals surface area contributed by atoms with Crippen molar-refractivity contribution in [1.82, 2.24) is 4.98 Å². The number of aromatic nitrogens is 1. The second kappa shape index (κ2) is 2.72. The molecule has 0 atom stereocenters. The monoisotopic (exact) mass is 177 g/mol. The van der Waals surface area contributed by atoms with Gasteiger partial charge in [-0.05, 0) is 0 Å². The van der Waals surface area contributed by atoms with Gasteiger partial charge < -0.3 is 4.74 Å². The molecule has 0 saturated carbocycles. The lowest BCUT2D eigenvalue weighted by Gasteiger charge is -2.17. The summed E-state index contributed by atoms with van der Waals surface area (Å²) >= 11 is 0. The minimum absolute atomic E-state index is 0.112. The number of hydrogen-bond donors (Lipinski definition) is 0. The Bertz CT molecular complexity index is 325. The Morgan fingerprint density at radius 2 is 2.15 bits per heavy atom. The van der Waals surface area contributed by atoms with Crippen LogP contribution in [0.4, 0.5) is 0 Å². The van der Waals surface area contributed by atoms with Crippen LogP contribution in [0.3, 0.4) is 0 Å². The highest BCUT2D eigenvalue weighted by atomic mass is 16.5. The van der Waals surface area contributed by atoms with Gasteiger partial charge in [0.15, 0.2) is 0 Å². The molecule has 70 valence electrons. The lowest BCUT2D eigenvalue weighted by molar-refractivity contribution is 0.355. The number of hydrogen-bond acceptors (Lipinski definition) is 2. The van der Waals surface area contributed by atoms with Gasteiger partial charge in [-0.2, -0.15) is 0 Å². The van der Waals surface area contributed by atoms with Gasteiger partial charge in [0.2, 0.25) is 0 Å². The molecule has 0 saturated heterocycles. The maximum absolute atomic E-state index is 5.49. The van der Waals surface area contributed by atoms with Crippen molar-refractivity contribution in [3.05, 3.63) is 23.5 Å². The number of ether oxygens (including phenoxy) is 1. The summed E-state index contributed by atoms with van der Waals surface area (Å²) in [6.07, 6.45) is 2.95. The lowest BCUT2D eigenvalue weighted by Crippen LogP contribution is -2.13. The average Bonchev–Trinajstić information content (AvgIpc) is 2.47. The minimum atomic E-state index is 0.112. The summed E-state index contributed by atoms with van der Waals surface area (Å²) in [6, 6.07) is 2.07. The molecule has 1 aliphatic rings. The first-order valence-electron chi connectivity index (χ1n) is 4.69. The van der Waals surface area contributed by atoms with Crippen LogP contribution in [-0.2, 0) is 11.8 Å². The maximum atomic E-state index is 5.49. The van der Waals surface area contributed by atoms with E-state index in [4.69, 9.17) is 4.74 Å². The summed E-state index contributed by atoms with van der Waals surface area (Å²) in [4.78, 5) is 4.44. The largest absolute Gasteiger partial charge is 0.493 e. The van der Waals surface area contributed by atoms with Crippen LogP contribution in [0.5, 0.6) is 5.75 Å². The van der Waals surface area contributed by atoms with E-state index in [2.05, 4.69) is 31.8 Å². The van der Waals surface area contributed by atoms with Crippen molar-refractivity contribution < 1.29 is 4.74 Å². The molecule has 1 aromatic heterocycles. The average molecular weight is 177 g/mol. The van der Waals surface area contributed by atoms with E-state index in [1.54, 1.807) is 0 Å². The van der Waals surface area contributed by atoms with E-state index in [-0.39, 0.29) is 5.41 Å². The van der Waals surface area contributed by atoms with Gasteiger partial charge in [0.25, 0.3) is 0 Å². The summed E-state index contributed by atoms with van der Waals surface area (Å²) < 4.78 is 5.49. The lowest BCUT2D eigenvalue weighted by atomic mass is 9.91. The van der Waals surface area contributed by atoms with Gasteiger partial charge in [-0.1, -0.05) is 20.8 Å². The van der Waals surface area contributed by atoms with Gasteiger partial charge in [-0.15, -0.1) is 0 Å². The molecule has 0 amide bonds. The molecule has 2 heterocycles. The molecule has 0 bridgehead atoms. The number of nitrogens with zero attached hydrogens (tertiary/aromatic N) is 1. The zero-order valence-electron chi connectivity index (χ0n) is 8.42. The first-order chi connectivity index (χ1) is 6.07. The minimum Gasteiger partial charge on any atom is -0.493 e.